The standard InChI is InChI=1S/C11H18/c1-5-7-11(4)9-6-8-10(2)3/h5-6,8-9,11H,1,7H2,2-4H3/b9-6-/t11-/m1/s1. The molecule has 0 aromatic heterocycles. The first-order valence-corrected chi connectivity index (χ1v) is 4.09. The molecular formula is C11H18. The van der Waals surface area contributed by atoms with E-state index in [0.717, 1.165) is 6.42 Å². The molecule has 0 aliphatic carbocycles. The van der Waals surface area contributed by atoms with Crippen molar-refractivity contribution < 1.29 is 0 Å². The van der Waals surface area contributed by atoms with Crippen molar-refractivity contribution >= 4 is 0 Å². The van der Waals surface area contributed by atoms with E-state index in [4.69, 9.17) is 0 Å². The van der Waals surface area contributed by atoms with Crippen molar-refractivity contribution in [3.05, 3.63) is 36.5 Å². The van der Waals surface area contributed by atoms with Crippen LogP contribution < -0.4 is 0 Å². The zero-order valence-electron chi connectivity index (χ0n) is 7.80. The van der Waals surface area contributed by atoms with Crippen molar-refractivity contribution in [2.24, 2.45) is 5.92 Å². The highest BCUT2D eigenvalue weighted by atomic mass is 13.9. The fourth-order valence-electron chi connectivity index (χ4n) is 0.779. The van der Waals surface area contributed by atoms with E-state index in [1.54, 1.807) is 0 Å². The van der Waals surface area contributed by atoms with Gasteiger partial charge < -0.3 is 0 Å². The fraction of sp³-hybridized carbons (Fsp3) is 0.455. The zero-order chi connectivity index (χ0) is 8.69. The summed E-state index contributed by atoms with van der Waals surface area (Å²) < 4.78 is 0. The van der Waals surface area contributed by atoms with E-state index in [0.29, 0.717) is 5.92 Å². The molecule has 0 N–H and O–H groups in total. The summed E-state index contributed by atoms with van der Waals surface area (Å²) in [6, 6.07) is 0. The monoisotopic (exact) mass is 150 g/mol. The average Bonchev–Trinajstić information content (AvgIpc) is 1.87. The van der Waals surface area contributed by atoms with Crippen LogP contribution >= 0.6 is 0 Å². The Kier molecular flexibility index (Phi) is 5.54. The second kappa shape index (κ2) is 5.96. The summed E-state index contributed by atoms with van der Waals surface area (Å²) in [5.41, 5.74) is 1.34. The predicted molar refractivity (Wildman–Crippen MR) is 52.5 cm³/mol. The molecule has 0 aliphatic rings. The van der Waals surface area contributed by atoms with Crippen LogP contribution in [-0.2, 0) is 0 Å². The predicted octanol–water partition coefficient (Wildman–Crippen LogP) is 3.72. The minimum atomic E-state index is 0.614. The number of hydrogen-bond acceptors (Lipinski definition) is 0. The lowest BCUT2D eigenvalue weighted by atomic mass is 10.1. The summed E-state index contributed by atoms with van der Waals surface area (Å²) in [6.45, 7) is 10.1. The molecule has 0 aromatic rings. The summed E-state index contributed by atoms with van der Waals surface area (Å²) in [7, 11) is 0. The molecule has 0 aliphatic heterocycles. The summed E-state index contributed by atoms with van der Waals surface area (Å²) in [5, 5.41) is 0. The van der Waals surface area contributed by atoms with Crippen LogP contribution in [0.4, 0.5) is 0 Å². The van der Waals surface area contributed by atoms with Gasteiger partial charge in [0.15, 0.2) is 0 Å². The highest BCUT2D eigenvalue weighted by molar-refractivity contribution is 5.09. The van der Waals surface area contributed by atoms with Crippen LogP contribution in [0, 0.1) is 5.92 Å². The molecule has 0 rings (SSSR count). The van der Waals surface area contributed by atoms with Crippen LogP contribution in [0.5, 0.6) is 0 Å². The molecule has 0 heteroatoms. The maximum Gasteiger partial charge on any atom is -0.0224 e. The highest BCUT2D eigenvalue weighted by Gasteiger charge is 1.89. The Morgan fingerprint density at radius 2 is 2.09 bits per heavy atom. The van der Waals surface area contributed by atoms with E-state index in [9.17, 15) is 0 Å². The summed E-state index contributed by atoms with van der Waals surface area (Å²) in [5.74, 6) is 0.614. The molecule has 0 fully saturated rings. The molecule has 0 nitrogen and oxygen atoms in total. The molecule has 11 heavy (non-hydrogen) atoms. The van der Waals surface area contributed by atoms with Crippen molar-refractivity contribution in [2.75, 3.05) is 0 Å². The van der Waals surface area contributed by atoms with Crippen molar-refractivity contribution in [1.29, 1.82) is 0 Å². The van der Waals surface area contributed by atoms with E-state index in [2.05, 4.69) is 45.6 Å². The summed E-state index contributed by atoms with van der Waals surface area (Å²) in [4.78, 5) is 0. The van der Waals surface area contributed by atoms with Gasteiger partial charge in [0, 0.05) is 0 Å². The molecule has 0 bridgehead atoms. The molecule has 0 spiro atoms. The number of hydrogen-bond donors (Lipinski definition) is 0. The van der Waals surface area contributed by atoms with Crippen LogP contribution in [0.3, 0.4) is 0 Å². The second-order valence-electron chi connectivity index (χ2n) is 3.13. The van der Waals surface area contributed by atoms with Gasteiger partial charge in [-0.15, -0.1) is 6.58 Å². The van der Waals surface area contributed by atoms with Crippen molar-refractivity contribution in [1.82, 2.24) is 0 Å². The molecule has 0 saturated heterocycles. The maximum absolute atomic E-state index is 3.69. The maximum atomic E-state index is 3.69. The topological polar surface area (TPSA) is 0 Å². The van der Waals surface area contributed by atoms with Crippen LogP contribution in [0.1, 0.15) is 27.2 Å². The molecular weight excluding hydrogens is 132 g/mol. The van der Waals surface area contributed by atoms with Crippen molar-refractivity contribution in [3.8, 4) is 0 Å². The minimum absolute atomic E-state index is 0.614. The lowest BCUT2D eigenvalue weighted by Gasteiger charge is -1.98. The van der Waals surface area contributed by atoms with Gasteiger partial charge in [-0.3, -0.25) is 0 Å². The summed E-state index contributed by atoms with van der Waals surface area (Å²) in [6.07, 6.45) is 9.46. The SMILES string of the molecule is C=CC[C@@H](C)/C=C\C=C(C)C. The van der Waals surface area contributed by atoms with Crippen LogP contribution in [0.15, 0.2) is 36.5 Å². The van der Waals surface area contributed by atoms with Crippen molar-refractivity contribution in [3.63, 3.8) is 0 Å². The van der Waals surface area contributed by atoms with Gasteiger partial charge in [0.1, 0.15) is 0 Å². The van der Waals surface area contributed by atoms with E-state index in [-0.39, 0.29) is 0 Å². The zero-order valence-corrected chi connectivity index (χ0v) is 7.80. The van der Waals surface area contributed by atoms with E-state index < -0.39 is 0 Å². The average molecular weight is 150 g/mol. The van der Waals surface area contributed by atoms with Gasteiger partial charge >= 0.3 is 0 Å². The van der Waals surface area contributed by atoms with Gasteiger partial charge in [-0.1, -0.05) is 36.8 Å². The quantitative estimate of drug-likeness (QED) is 0.423. The highest BCUT2D eigenvalue weighted by Crippen LogP contribution is 2.04. The van der Waals surface area contributed by atoms with Crippen molar-refractivity contribution in [2.45, 2.75) is 27.2 Å². The van der Waals surface area contributed by atoms with Gasteiger partial charge in [0.2, 0.25) is 0 Å². The molecule has 0 amide bonds. The Bertz CT molecular complexity index is 157. The third-order valence-corrected chi connectivity index (χ3v) is 1.41. The Morgan fingerprint density at radius 1 is 1.45 bits per heavy atom. The first kappa shape index (κ1) is 10.2. The third kappa shape index (κ3) is 7.11. The van der Waals surface area contributed by atoms with Gasteiger partial charge in [-0.25, -0.2) is 0 Å². The molecule has 0 radical (unpaired) electrons. The third-order valence-electron chi connectivity index (χ3n) is 1.41. The fourth-order valence-corrected chi connectivity index (χ4v) is 0.779. The van der Waals surface area contributed by atoms with Gasteiger partial charge in [0.25, 0.3) is 0 Å². The molecule has 0 aromatic carbocycles. The smallest absolute Gasteiger partial charge is 0.0224 e. The largest absolute Gasteiger partial charge is 0.103 e. The van der Waals surface area contributed by atoms with Crippen LogP contribution in [0.25, 0.3) is 0 Å². The minimum Gasteiger partial charge on any atom is -0.103 e. The Hall–Kier alpha value is -0.780. The van der Waals surface area contributed by atoms with E-state index in [1.165, 1.54) is 5.57 Å². The molecule has 0 unspecified atom stereocenters. The molecule has 0 heterocycles. The first-order chi connectivity index (χ1) is 5.16. The lowest BCUT2D eigenvalue weighted by molar-refractivity contribution is 0.745. The number of allylic oxidation sites excluding steroid dienone is 5. The normalized spacial score (nSPS) is 13.0. The second-order valence-corrected chi connectivity index (χ2v) is 3.13. The Labute approximate surface area is 70.3 Å². The molecule has 62 valence electrons. The van der Waals surface area contributed by atoms with Gasteiger partial charge in [-0.05, 0) is 26.2 Å². The van der Waals surface area contributed by atoms with Gasteiger partial charge in [0.05, 0.1) is 0 Å². The van der Waals surface area contributed by atoms with Crippen LogP contribution in [0.2, 0.25) is 0 Å². The van der Waals surface area contributed by atoms with E-state index in [1.807, 2.05) is 6.08 Å². The van der Waals surface area contributed by atoms with Crippen LogP contribution in [-0.4, -0.2) is 0 Å². The Morgan fingerprint density at radius 3 is 2.55 bits per heavy atom. The van der Waals surface area contributed by atoms with Gasteiger partial charge in [-0.2, -0.15) is 0 Å². The molecule has 0 saturated carbocycles. The molecule has 1 atom stereocenters. The van der Waals surface area contributed by atoms with E-state index >= 15 is 0 Å². The lowest BCUT2D eigenvalue weighted by Crippen LogP contribution is -1.84. The first-order valence-electron chi connectivity index (χ1n) is 4.09. The Balaban J connectivity index is 3.73. The number of rotatable bonds is 4. The summed E-state index contributed by atoms with van der Waals surface area (Å²) >= 11 is 0.